The first-order valence-corrected chi connectivity index (χ1v) is 10.8. The molecule has 2 aromatic rings. The van der Waals surface area contributed by atoms with Crippen molar-refractivity contribution in [3.63, 3.8) is 0 Å². The van der Waals surface area contributed by atoms with Gasteiger partial charge < -0.3 is 0 Å². The van der Waals surface area contributed by atoms with Crippen LogP contribution in [0.4, 0.5) is 11.4 Å². The van der Waals surface area contributed by atoms with E-state index in [1.807, 2.05) is 6.07 Å². The van der Waals surface area contributed by atoms with E-state index in [4.69, 9.17) is 0 Å². The molecule has 1 aliphatic rings. The Kier molecular flexibility index (Phi) is 4.27. The molecule has 2 N–H and O–H groups in total. The lowest BCUT2D eigenvalue weighted by molar-refractivity contribution is 0.600. The van der Waals surface area contributed by atoms with Gasteiger partial charge in [0, 0.05) is 11.4 Å². The predicted octanol–water partition coefficient (Wildman–Crippen LogP) is 2.35. The van der Waals surface area contributed by atoms with E-state index >= 15 is 0 Å². The summed E-state index contributed by atoms with van der Waals surface area (Å²) in [6, 6.07) is 11.2. The standard InChI is InChI=1S/C16H18N2O4S2/c1-23(19,20)17-14-6-8-15(9-7-14)18-24(21,22)16-10-5-12-3-2-4-13(12)11-16/h5-11,17-18H,2-4H2,1H3. The second-order valence-electron chi connectivity index (χ2n) is 5.84. The first kappa shape index (κ1) is 16.8. The zero-order valence-electron chi connectivity index (χ0n) is 13.1. The van der Waals surface area contributed by atoms with Crippen molar-refractivity contribution < 1.29 is 16.8 Å². The molecule has 128 valence electrons. The fraction of sp³-hybridized carbons (Fsp3) is 0.250. The predicted molar refractivity (Wildman–Crippen MR) is 94.2 cm³/mol. The smallest absolute Gasteiger partial charge is 0.261 e. The molecule has 3 rings (SSSR count). The van der Waals surface area contributed by atoms with Gasteiger partial charge in [0.05, 0.1) is 11.2 Å². The molecule has 0 amide bonds. The average Bonchev–Trinajstić information content (AvgIpc) is 2.95. The number of anilines is 2. The lowest BCUT2D eigenvalue weighted by atomic mass is 10.1. The van der Waals surface area contributed by atoms with Crippen molar-refractivity contribution in [2.75, 3.05) is 15.7 Å². The molecule has 6 nitrogen and oxygen atoms in total. The van der Waals surface area contributed by atoms with Gasteiger partial charge in [-0.1, -0.05) is 6.07 Å². The topological polar surface area (TPSA) is 92.3 Å². The average molecular weight is 366 g/mol. The van der Waals surface area contributed by atoms with E-state index in [-0.39, 0.29) is 4.90 Å². The zero-order chi connectivity index (χ0) is 17.4. The Labute approximate surface area is 142 Å². The highest BCUT2D eigenvalue weighted by atomic mass is 32.2. The summed E-state index contributed by atoms with van der Waals surface area (Å²) >= 11 is 0. The van der Waals surface area contributed by atoms with Crippen LogP contribution in [0.3, 0.4) is 0 Å². The largest absolute Gasteiger partial charge is 0.284 e. The van der Waals surface area contributed by atoms with E-state index in [0.717, 1.165) is 31.1 Å². The monoisotopic (exact) mass is 366 g/mol. The van der Waals surface area contributed by atoms with E-state index in [9.17, 15) is 16.8 Å². The van der Waals surface area contributed by atoms with E-state index in [2.05, 4.69) is 9.44 Å². The summed E-state index contributed by atoms with van der Waals surface area (Å²) in [6.45, 7) is 0. The van der Waals surface area contributed by atoms with E-state index < -0.39 is 20.0 Å². The number of rotatable bonds is 5. The lowest BCUT2D eigenvalue weighted by Gasteiger charge is -2.10. The summed E-state index contributed by atoms with van der Waals surface area (Å²) in [5, 5.41) is 0. The third-order valence-corrected chi connectivity index (χ3v) is 5.81. The zero-order valence-corrected chi connectivity index (χ0v) is 14.7. The first-order valence-electron chi connectivity index (χ1n) is 7.45. The Morgan fingerprint density at radius 3 is 2.00 bits per heavy atom. The maximum atomic E-state index is 12.5. The number of nitrogens with one attached hydrogen (secondary N) is 2. The Bertz CT molecular complexity index is 966. The van der Waals surface area contributed by atoms with Crippen LogP contribution in [0.5, 0.6) is 0 Å². The van der Waals surface area contributed by atoms with Gasteiger partial charge in [0.25, 0.3) is 10.0 Å². The van der Waals surface area contributed by atoms with Crippen molar-refractivity contribution in [1.82, 2.24) is 0 Å². The van der Waals surface area contributed by atoms with Crippen LogP contribution in [0, 0.1) is 0 Å². The summed E-state index contributed by atoms with van der Waals surface area (Å²) in [6.07, 6.45) is 4.01. The molecule has 0 saturated heterocycles. The van der Waals surface area contributed by atoms with Gasteiger partial charge in [0.15, 0.2) is 0 Å². The van der Waals surface area contributed by atoms with Crippen LogP contribution in [-0.2, 0) is 32.9 Å². The second kappa shape index (κ2) is 6.10. The van der Waals surface area contributed by atoms with Gasteiger partial charge >= 0.3 is 0 Å². The van der Waals surface area contributed by atoms with Crippen molar-refractivity contribution >= 4 is 31.4 Å². The van der Waals surface area contributed by atoms with Crippen molar-refractivity contribution in [2.24, 2.45) is 0 Å². The van der Waals surface area contributed by atoms with Crippen LogP contribution in [0.2, 0.25) is 0 Å². The fourth-order valence-corrected chi connectivity index (χ4v) is 4.42. The van der Waals surface area contributed by atoms with Crippen molar-refractivity contribution in [3.8, 4) is 0 Å². The maximum Gasteiger partial charge on any atom is 0.261 e. The molecule has 0 aliphatic heterocycles. The number of benzene rings is 2. The molecule has 0 spiro atoms. The van der Waals surface area contributed by atoms with Crippen LogP contribution in [0.15, 0.2) is 47.4 Å². The van der Waals surface area contributed by atoms with Gasteiger partial charge in [-0.15, -0.1) is 0 Å². The number of fused-ring (bicyclic) bond motifs is 1. The molecule has 0 saturated carbocycles. The number of hydrogen-bond donors (Lipinski definition) is 2. The van der Waals surface area contributed by atoms with Gasteiger partial charge in [-0.3, -0.25) is 9.44 Å². The van der Waals surface area contributed by atoms with Gasteiger partial charge in [-0.05, 0) is 66.8 Å². The minimum absolute atomic E-state index is 0.237. The van der Waals surface area contributed by atoms with Crippen molar-refractivity contribution in [2.45, 2.75) is 24.2 Å². The molecule has 0 heterocycles. The molecule has 0 fully saturated rings. The summed E-state index contributed by atoms with van der Waals surface area (Å²) in [5.41, 5.74) is 3.04. The van der Waals surface area contributed by atoms with Gasteiger partial charge in [0.2, 0.25) is 10.0 Å². The molecule has 2 aromatic carbocycles. The highest BCUT2D eigenvalue weighted by molar-refractivity contribution is 7.92. The molecule has 24 heavy (non-hydrogen) atoms. The molecule has 0 atom stereocenters. The van der Waals surface area contributed by atoms with Crippen LogP contribution in [0.1, 0.15) is 17.5 Å². The summed E-state index contributed by atoms with van der Waals surface area (Å²) in [5.74, 6) is 0. The first-order chi connectivity index (χ1) is 11.2. The van der Waals surface area contributed by atoms with Gasteiger partial charge in [0.1, 0.15) is 0 Å². The Hall–Kier alpha value is -2.06. The Morgan fingerprint density at radius 1 is 0.792 bits per heavy atom. The van der Waals surface area contributed by atoms with Crippen LogP contribution in [-0.4, -0.2) is 23.1 Å². The van der Waals surface area contributed by atoms with Crippen LogP contribution < -0.4 is 9.44 Å². The lowest BCUT2D eigenvalue weighted by Crippen LogP contribution is -2.13. The molecular weight excluding hydrogens is 348 g/mol. The number of aryl methyl sites for hydroxylation is 2. The SMILES string of the molecule is CS(=O)(=O)Nc1ccc(NS(=O)(=O)c2ccc3c(c2)CCC3)cc1. The number of sulfonamides is 2. The molecule has 0 radical (unpaired) electrons. The van der Waals surface area contributed by atoms with Crippen LogP contribution in [0.25, 0.3) is 0 Å². The van der Waals surface area contributed by atoms with Gasteiger partial charge in [-0.2, -0.15) is 0 Å². The Balaban J connectivity index is 1.79. The highest BCUT2D eigenvalue weighted by Gasteiger charge is 2.18. The maximum absolute atomic E-state index is 12.5. The minimum Gasteiger partial charge on any atom is -0.284 e. The molecule has 0 unspecified atom stereocenters. The van der Waals surface area contributed by atoms with Crippen LogP contribution >= 0.6 is 0 Å². The second-order valence-corrected chi connectivity index (χ2v) is 9.27. The summed E-state index contributed by atoms with van der Waals surface area (Å²) in [7, 11) is -7.03. The molecular formula is C16H18N2O4S2. The van der Waals surface area contributed by atoms with Crippen molar-refractivity contribution in [3.05, 3.63) is 53.6 Å². The molecule has 0 bridgehead atoms. The van der Waals surface area contributed by atoms with E-state index in [1.54, 1.807) is 12.1 Å². The minimum atomic E-state index is -3.67. The van der Waals surface area contributed by atoms with E-state index in [1.165, 1.54) is 29.8 Å². The van der Waals surface area contributed by atoms with Gasteiger partial charge in [-0.25, -0.2) is 16.8 Å². The van der Waals surface area contributed by atoms with Crippen molar-refractivity contribution in [1.29, 1.82) is 0 Å². The molecule has 0 aromatic heterocycles. The highest BCUT2D eigenvalue weighted by Crippen LogP contribution is 2.26. The Morgan fingerprint density at radius 2 is 1.38 bits per heavy atom. The quantitative estimate of drug-likeness (QED) is 0.849. The van der Waals surface area contributed by atoms with E-state index in [0.29, 0.717) is 11.4 Å². The third kappa shape index (κ3) is 3.88. The molecule has 1 aliphatic carbocycles. The fourth-order valence-electron chi connectivity index (χ4n) is 2.75. The molecule has 8 heteroatoms. The third-order valence-electron chi connectivity index (χ3n) is 3.82. The number of hydrogen-bond acceptors (Lipinski definition) is 4. The summed E-state index contributed by atoms with van der Waals surface area (Å²) in [4.78, 5) is 0.237. The summed E-state index contributed by atoms with van der Waals surface area (Å²) < 4.78 is 52.2. The normalized spacial score (nSPS) is 14.2.